The number of carbonyl (C=O) groups is 5. The highest BCUT2D eigenvalue weighted by atomic mass is 16.7. The van der Waals surface area contributed by atoms with Crippen LogP contribution in [0.1, 0.15) is 34.6 Å². The molecule has 186 valence electrons. The summed E-state index contributed by atoms with van der Waals surface area (Å²) >= 11 is 0. The Morgan fingerprint density at radius 1 is 0.765 bits per heavy atom. The molecular formula is C22H27NO11. The molecule has 2 rings (SSSR count). The van der Waals surface area contributed by atoms with Gasteiger partial charge < -0.3 is 33.7 Å². The highest BCUT2D eigenvalue weighted by Crippen LogP contribution is 2.31. The fourth-order valence-corrected chi connectivity index (χ4v) is 3.24. The van der Waals surface area contributed by atoms with Crippen LogP contribution < -0.4 is 10.1 Å². The molecule has 1 N–H and O–H groups in total. The third-order valence-corrected chi connectivity index (χ3v) is 4.38. The topological polar surface area (TPSA) is 153 Å². The van der Waals surface area contributed by atoms with E-state index in [1.807, 2.05) is 0 Å². The van der Waals surface area contributed by atoms with Gasteiger partial charge in [-0.1, -0.05) is 0 Å². The molecule has 1 aliphatic heterocycles. The van der Waals surface area contributed by atoms with Gasteiger partial charge in [-0.2, -0.15) is 0 Å². The Morgan fingerprint density at radius 2 is 1.29 bits per heavy atom. The molecule has 1 saturated heterocycles. The molecule has 0 radical (unpaired) electrons. The van der Waals surface area contributed by atoms with Crippen molar-refractivity contribution in [3.8, 4) is 5.75 Å². The van der Waals surface area contributed by atoms with Crippen molar-refractivity contribution in [2.45, 2.75) is 65.3 Å². The minimum atomic E-state index is -1.34. The molecule has 0 bridgehead atoms. The van der Waals surface area contributed by atoms with E-state index in [4.69, 9.17) is 28.4 Å². The highest BCUT2D eigenvalue weighted by Gasteiger charge is 2.53. The molecule has 1 aromatic carbocycles. The number of carbonyl (C=O) groups excluding carboxylic acids is 5. The van der Waals surface area contributed by atoms with Crippen molar-refractivity contribution in [1.29, 1.82) is 0 Å². The number of amides is 1. The lowest BCUT2D eigenvalue weighted by atomic mass is 9.98. The second-order valence-corrected chi connectivity index (χ2v) is 7.39. The monoisotopic (exact) mass is 481 g/mol. The molecule has 0 aliphatic carbocycles. The second kappa shape index (κ2) is 12.0. The number of benzene rings is 1. The summed E-state index contributed by atoms with van der Waals surface area (Å²) in [5.41, 5.74) is 0.515. The van der Waals surface area contributed by atoms with Gasteiger partial charge in [0.05, 0.1) is 0 Å². The third-order valence-electron chi connectivity index (χ3n) is 4.38. The molecule has 1 heterocycles. The van der Waals surface area contributed by atoms with Gasteiger partial charge in [0.25, 0.3) is 0 Å². The molecule has 1 aliphatic rings. The van der Waals surface area contributed by atoms with Gasteiger partial charge in [0.1, 0.15) is 18.5 Å². The molecular weight excluding hydrogens is 454 g/mol. The zero-order valence-electron chi connectivity index (χ0n) is 19.4. The Morgan fingerprint density at radius 3 is 1.79 bits per heavy atom. The molecule has 12 heteroatoms. The first kappa shape index (κ1) is 26.6. The van der Waals surface area contributed by atoms with Crippen LogP contribution in [0.15, 0.2) is 24.3 Å². The Kier molecular flexibility index (Phi) is 9.36. The second-order valence-electron chi connectivity index (χ2n) is 7.39. The summed E-state index contributed by atoms with van der Waals surface area (Å²) in [4.78, 5) is 58.0. The van der Waals surface area contributed by atoms with E-state index in [0.29, 0.717) is 5.69 Å². The number of esters is 4. The van der Waals surface area contributed by atoms with Gasteiger partial charge >= 0.3 is 23.9 Å². The highest BCUT2D eigenvalue weighted by molar-refractivity contribution is 5.88. The Bertz CT molecular complexity index is 914. The summed E-state index contributed by atoms with van der Waals surface area (Å²) < 4.78 is 32.7. The van der Waals surface area contributed by atoms with Crippen LogP contribution in [0.3, 0.4) is 0 Å². The van der Waals surface area contributed by atoms with E-state index >= 15 is 0 Å². The number of nitrogens with one attached hydrogen (secondary N) is 1. The van der Waals surface area contributed by atoms with Crippen LogP contribution in [-0.4, -0.2) is 67.1 Å². The summed E-state index contributed by atoms with van der Waals surface area (Å²) in [5, 5.41) is 2.61. The third kappa shape index (κ3) is 8.03. The molecule has 0 aromatic heterocycles. The quantitative estimate of drug-likeness (QED) is 0.419. The number of rotatable bonds is 8. The lowest BCUT2D eigenvalue weighted by molar-refractivity contribution is -0.288. The first-order valence-corrected chi connectivity index (χ1v) is 10.3. The summed E-state index contributed by atoms with van der Waals surface area (Å²) in [6.45, 7) is 5.58. The van der Waals surface area contributed by atoms with Gasteiger partial charge in [-0.25, -0.2) is 0 Å². The molecule has 0 unspecified atom stereocenters. The van der Waals surface area contributed by atoms with Crippen molar-refractivity contribution in [1.82, 2.24) is 0 Å². The average Bonchev–Trinajstić information content (AvgIpc) is 2.71. The largest absolute Gasteiger partial charge is 0.463 e. The van der Waals surface area contributed by atoms with Crippen molar-refractivity contribution in [3.05, 3.63) is 24.3 Å². The van der Waals surface area contributed by atoms with Crippen molar-refractivity contribution < 1.29 is 52.4 Å². The fraction of sp³-hybridized carbons (Fsp3) is 0.500. The molecule has 34 heavy (non-hydrogen) atoms. The first-order chi connectivity index (χ1) is 16.0. The van der Waals surface area contributed by atoms with Gasteiger partial charge in [0, 0.05) is 40.3 Å². The zero-order valence-corrected chi connectivity index (χ0v) is 19.4. The van der Waals surface area contributed by atoms with Gasteiger partial charge in [-0.05, 0) is 24.3 Å². The Hall–Kier alpha value is -3.67. The van der Waals surface area contributed by atoms with Crippen LogP contribution in [0, 0.1) is 0 Å². The van der Waals surface area contributed by atoms with E-state index in [9.17, 15) is 24.0 Å². The van der Waals surface area contributed by atoms with Gasteiger partial charge in [-0.15, -0.1) is 0 Å². The molecule has 5 atom stereocenters. The number of ether oxygens (including phenoxy) is 6. The van der Waals surface area contributed by atoms with E-state index in [0.717, 1.165) is 20.8 Å². The van der Waals surface area contributed by atoms with Crippen LogP contribution >= 0.6 is 0 Å². The lowest BCUT2D eigenvalue weighted by Gasteiger charge is -2.43. The van der Waals surface area contributed by atoms with Crippen LogP contribution in [0.4, 0.5) is 5.69 Å². The van der Waals surface area contributed by atoms with Crippen molar-refractivity contribution in [3.63, 3.8) is 0 Å². The number of hydrogen-bond acceptors (Lipinski definition) is 11. The van der Waals surface area contributed by atoms with Gasteiger partial charge in [-0.3, -0.25) is 24.0 Å². The van der Waals surface area contributed by atoms with E-state index in [-0.39, 0.29) is 18.3 Å². The minimum Gasteiger partial charge on any atom is -0.463 e. The van der Waals surface area contributed by atoms with Crippen molar-refractivity contribution >= 4 is 35.5 Å². The molecule has 1 amide bonds. The van der Waals surface area contributed by atoms with Gasteiger partial charge in [0.2, 0.25) is 18.3 Å². The smallest absolute Gasteiger partial charge is 0.303 e. The lowest BCUT2D eigenvalue weighted by Crippen LogP contribution is -2.63. The van der Waals surface area contributed by atoms with Crippen molar-refractivity contribution in [2.24, 2.45) is 0 Å². The molecule has 0 saturated carbocycles. The van der Waals surface area contributed by atoms with Crippen molar-refractivity contribution in [2.75, 3.05) is 11.9 Å². The maximum atomic E-state index is 11.8. The summed E-state index contributed by atoms with van der Waals surface area (Å²) in [6, 6.07) is 6.20. The first-order valence-electron chi connectivity index (χ1n) is 10.3. The molecule has 12 nitrogen and oxygen atoms in total. The SMILES string of the molecule is CC(=O)Nc1ccc(O[C@@H]2O[C@H](COC(C)=O)[C@H](OC(C)=O)[C@H](OC(C)=O)[C@H]2OC(C)=O)cc1. The average molecular weight is 481 g/mol. The summed E-state index contributed by atoms with van der Waals surface area (Å²) in [5.74, 6) is -2.83. The summed E-state index contributed by atoms with van der Waals surface area (Å²) in [7, 11) is 0. The predicted octanol–water partition coefficient (Wildman–Crippen LogP) is 1.11. The summed E-state index contributed by atoms with van der Waals surface area (Å²) in [6.07, 6.45) is -6.40. The normalized spacial score (nSPS) is 23.7. The molecule has 1 fully saturated rings. The van der Waals surface area contributed by atoms with Crippen LogP contribution in [-0.2, 0) is 47.7 Å². The van der Waals surface area contributed by atoms with Crippen LogP contribution in [0.2, 0.25) is 0 Å². The minimum absolute atomic E-state index is 0.256. The fourth-order valence-electron chi connectivity index (χ4n) is 3.24. The maximum absolute atomic E-state index is 11.8. The van der Waals surface area contributed by atoms with Crippen LogP contribution in [0.25, 0.3) is 0 Å². The number of hydrogen-bond donors (Lipinski definition) is 1. The van der Waals surface area contributed by atoms with Gasteiger partial charge in [0.15, 0.2) is 12.2 Å². The van der Waals surface area contributed by atoms with E-state index in [1.54, 1.807) is 12.1 Å². The predicted molar refractivity (Wildman–Crippen MR) is 113 cm³/mol. The number of anilines is 1. The van der Waals surface area contributed by atoms with E-state index in [2.05, 4.69) is 5.32 Å². The molecule has 0 spiro atoms. The molecule has 1 aromatic rings. The Balaban J connectivity index is 2.40. The maximum Gasteiger partial charge on any atom is 0.303 e. The van der Waals surface area contributed by atoms with E-state index < -0.39 is 54.6 Å². The Labute approximate surface area is 195 Å². The van der Waals surface area contributed by atoms with Crippen LogP contribution in [0.5, 0.6) is 5.75 Å². The zero-order chi connectivity index (χ0) is 25.4. The standard InChI is InChI=1S/C22H27NO11/c1-11(24)23-16-6-8-17(9-7-16)33-22-21(32-15(5)28)20(31-14(4)27)19(30-13(3)26)18(34-22)10-29-12(2)25/h6-9,18-22H,10H2,1-5H3,(H,23,24)/t18-,19+,20+,21-,22-/m1/s1. The van der Waals surface area contributed by atoms with E-state index in [1.165, 1.54) is 26.0 Å².